The molecular weight excluding hydrogens is 324 g/mol. The Morgan fingerprint density at radius 2 is 1.88 bits per heavy atom. The molecule has 1 amide bonds. The summed E-state index contributed by atoms with van der Waals surface area (Å²) in [5.74, 6) is -0.0478. The Kier molecular flexibility index (Phi) is 7.02. The molecule has 0 saturated carbocycles. The fraction of sp³-hybridized carbons (Fsp3) is 0.429. The van der Waals surface area contributed by atoms with Gasteiger partial charge in [-0.15, -0.1) is 0 Å². The summed E-state index contributed by atoms with van der Waals surface area (Å²) in [7, 11) is 0. The van der Waals surface area contributed by atoms with E-state index in [1.807, 2.05) is 36.5 Å². The molecule has 0 bridgehead atoms. The first kappa shape index (κ1) is 18.4. The van der Waals surface area contributed by atoms with Crippen LogP contribution in [0.5, 0.6) is 0 Å². The van der Waals surface area contributed by atoms with Crippen LogP contribution >= 0.6 is 0 Å². The van der Waals surface area contributed by atoms with Gasteiger partial charge in [-0.3, -0.25) is 4.79 Å². The molecule has 0 unspecified atom stereocenters. The van der Waals surface area contributed by atoms with Gasteiger partial charge in [-0.1, -0.05) is 31.0 Å². The highest BCUT2D eigenvalue weighted by Gasteiger charge is 2.08. The molecule has 1 saturated heterocycles. The maximum absolute atomic E-state index is 12.0. The molecule has 0 spiro atoms. The van der Waals surface area contributed by atoms with Gasteiger partial charge >= 0.3 is 0 Å². The van der Waals surface area contributed by atoms with E-state index in [2.05, 4.69) is 15.3 Å². The monoisotopic (exact) mass is 352 g/mol. The quantitative estimate of drug-likeness (QED) is 0.615. The third-order valence-corrected chi connectivity index (χ3v) is 4.70. The number of amides is 1. The Hall–Kier alpha value is -2.40. The molecule has 26 heavy (non-hydrogen) atoms. The van der Waals surface area contributed by atoms with Gasteiger partial charge in [0.25, 0.3) is 0 Å². The summed E-state index contributed by atoms with van der Waals surface area (Å²) in [5.41, 5.74) is 1.92. The molecule has 1 aromatic heterocycles. The molecule has 1 fully saturated rings. The number of nitrogens with zero attached hydrogens (tertiary/aromatic N) is 3. The van der Waals surface area contributed by atoms with Crippen molar-refractivity contribution in [1.82, 2.24) is 20.0 Å². The molecule has 138 valence electrons. The molecule has 2 aromatic rings. The Morgan fingerprint density at radius 1 is 1.12 bits per heavy atom. The van der Waals surface area contributed by atoms with E-state index in [9.17, 15) is 4.79 Å². The normalized spacial score (nSPS) is 15.8. The SMILES string of the molecule is O=C(/C=C/c1cnn(-c2ccccc2)c1)NCCCN1CCCCCC1. The number of aromatic nitrogens is 2. The summed E-state index contributed by atoms with van der Waals surface area (Å²) >= 11 is 0. The van der Waals surface area contributed by atoms with E-state index >= 15 is 0 Å². The van der Waals surface area contributed by atoms with Crippen LogP contribution < -0.4 is 5.32 Å². The van der Waals surface area contributed by atoms with Crippen molar-refractivity contribution in [2.24, 2.45) is 0 Å². The number of carbonyl (C=O) groups excluding carboxylic acids is 1. The van der Waals surface area contributed by atoms with Crippen LogP contribution in [0.4, 0.5) is 0 Å². The van der Waals surface area contributed by atoms with Gasteiger partial charge in [0.1, 0.15) is 0 Å². The van der Waals surface area contributed by atoms with Crippen molar-refractivity contribution in [1.29, 1.82) is 0 Å². The zero-order chi connectivity index (χ0) is 18.0. The lowest BCUT2D eigenvalue weighted by Gasteiger charge is -2.19. The maximum atomic E-state index is 12.0. The van der Waals surface area contributed by atoms with Crippen LogP contribution in [0.25, 0.3) is 11.8 Å². The lowest BCUT2D eigenvalue weighted by molar-refractivity contribution is -0.116. The summed E-state index contributed by atoms with van der Waals surface area (Å²) in [6.45, 7) is 4.22. The Labute approximate surface area is 155 Å². The minimum Gasteiger partial charge on any atom is -0.353 e. The molecule has 3 rings (SSSR count). The minimum atomic E-state index is -0.0478. The first-order valence-corrected chi connectivity index (χ1v) is 9.60. The van der Waals surface area contributed by atoms with Crippen molar-refractivity contribution < 1.29 is 4.79 Å². The molecule has 0 aliphatic carbocycles. The number of nitrogens with one attached hydrogen (secondary N) is 1. The highest BCUT2D eigenvalue weighted by molar-refractivity contribution is 5.91. The lowest BCUT2D eigenvalue weighted by Crippen LogP contribution is -2.29. The Bertz CT molecular complexity index is 700. The van der Waals surface area contributed by atoms with Crippen LogP contribution in [0.1, 0.15) is 37.7 Å². The molecule has 5 nitrogen and oxygen atoms in total. The summed E-state index contributed by atoms with van der Waals surface area (Å²) in [4.78, 5) is 14.5. The Morgan fingerprint density at radius 3 is 2.65 bits per heavy atom. The molecule has 2 heterocycles. The third-order valence-electron chi connectivity index (χ3n) is 4.70. The second-order valence-corrected chi connectivity index (χ2v) is 6.79. The molecular formula is C21H28N4O. The van der Waals surface area contributed by atoms with Crippen molar-refractivity contribution in [2.75, 3.05) is 26.2 Å². The van der Waals surface area contributed by atoms with Gasteiger partial charge in [-0.05, 0) is 57.1 Å². The van der Waals surface area contributed by atoms with Gasteiger partial charge in [-0.25, -0.2) is 4.68 Å². The topological polar surface area (TPSA) is 50.2 Å². The van der Waals surface area contributed by atoms with Crippen LogP contribution in [0.3, 0.4) is 0 Å². The standard InChI is InChI=1S/C21H28N4O/c26-21(22-13-8-16-24-14-6-1-2-7-15-24)12-11-19-17-23-25(18-19)20-9-4-3-5-10-20/h3-5,9-12,17-18H,1-2,6-8,13-16H2,(H,22,26)/b12-11+. The fourth-order valence-corrected chi connectivity index (χ4v) is 3.25. The van der Waals surface area contributed by atoms with Crippen LogP contribution in [0.2, 0.25) is 0 Å². The molecule has 1 aromatic carbocycles. The molecule has 1 aliphatic rings. The van der Waals surface area contributed by atoms with E-state index in [1.54, 1.807) is 23.0 Å². The number of para-hydroxylation sites is 1. The van der Waals surface area contributed by atoms with Crippen molar-refractivity contribution in [3.05, 3.63) is 54.4 Å². The predicted octanol–water partition coefficient (Wildman–Crippen LogP) is 3.27. The first-order valence-electron chi connectivity index (χ1n) is 9.60. The first-order chi connectivity index (χ1) is 12.8. The average molecular weight is 352 g/mol. The highest BCUT2D eigenvalue weighted by atomic mass is 16.1. The van der Waals surface area contributed by atoms with E-state index in [4.69, 9.17) is 0 Å². The van der Waals surface area contributed by atoms with Gasteiger partial charge in [-0.2, -0.15) is 5.10 Å². The van der Waals surface area contributed by atoms with E-state index in [1.165, 1.54) is 38.8 Å². The smallest absolute Gasteiger partial charge is 0.244 e. The van der Waals surface area contributed by atoms with Gasteiger partial charge in [0.05, 0.1) is 11.9 Å². The maximum Gasteiger partial charge on any atom is 0.244 e. The van der Waals surface area contributed by atoms with Crippen molar-refractivity contribution in [2.45, 2.75) is 32.1 Å². The lowest BCUT2D eigenvalue weighted by atomic mass is 10.2. The second kappa shape index (κ2) is 9.92. The van der Waals surface area contributed by atoms with Crippen LogP contribution in [-0.4, -0.2) is 46.8 Å². The minimum absolute atomic E-state index is 0.0478. The molecule has 5 heteroatoms. The summed E-state index contributed by atoms with van der Waals surface area (Å²) in [6, 6.07) is 9.93. The zero-order valence-electron chi connectivity index (χ0n) is 15.3. The van der Waals surface area contributed by atoms with E-state index in [-0.39, 0.29) is 5.91 Å². The number of rotatable bonds is 7. The van der Waals surface area contributed by atoms with E-state index < -0.39 is 0 Å². The summed E-state index contributed by atoms with van der Waals surface area (Å²) < 4.78 is 1.80. The van der Waals surface area contributed by atoms with Gasteiger partial charge in [0.2, 0.25) is 5.91 Å². The summed E-state index contributed by atoms with van der Waals surface area (Å²) in [5, 5.41) is 7.29. The van der Waals surface area contributed by atoms with Gasteiger partial charge in [0.15, 0.2) is 0 Å². The molecule has 1 aliphatic heterocycles. The number of likely N-dealkylation sites (tertiary alicyclic amines) is 1. The largest absolute Gasteiger partial charge is 0.353 e. The van der Waals surface area contributed by atoms with Gasteiger partial charge in [0, 0.05) is 24.4 Å². The van der Waals surface area contributed by atoms with Crippen LogP contribution in [-0.2, 0) is 4.79 Å². The van der Waals surface area contributed by atoms with Crippen molar-refractivity contribution in [3.63, 3.8) is 0 Å². The summed E-state index contributed by atoms with van der Waals surface area (Å²) in [6.07, 6.45) is 13.4. The third kappa shape index (κ3) is 5.85. The van der Waals surface area contributed by atoms with E-state index in [0.29, 0.717) is 0 Å². The Balaban J connectivity index is 1.38. The van der Waals surface area contributed by atoms with Crippen LogP contribution in [0, 0.1) is 0 Å². The van der Waals surface area contributed by atoms with Crippen molar-refractivity contribution in [3.8, 4) is 5.69 Å². The van der Waals surface area contributed by atoms with Crippen LogP contribution in [0.15, 0.2) is 48.8 Å². The number of hydrogen-bond acceptors (Lipinski definition) is 3. The van der Waals surface area contributed by atoms with Crippen molar-refractivity contribution >= 4 is 12.0 Å². The van der Waals surface area contributed by atoms with E-state index in [0.717, 1.165) is 30.8 Å². The average Bonchev–Trinajstić information content (AvgIpc) is 3.00. The molecule has 0 radical (unpaired) electrons. The fourth-order valence-electron chi connectivity index (χ4n) is 3.25. The second-order valence-electron chi connectivity index (χ2n) is 6.79. The number of benzene rings is 1. The zero-order valence-corrected chi connectivity index (χ0v) is 15.3. The molecule has 1 N–H and O–H groups in total. The number of hydrogen-bond donors (Lipinski definition) is 1. The molecule has 0 atom stereocenters. The highest BCUT2D eigenvalue weighted by Crippen LogP contribution is 2.10. The number of carbonyl (C=O) groups is 1. The van der Waals surface area contributed by atoms with Gasteiger partial charge < -0.3 is 10.2 Å². The predicted molar refractivity (Wildman–Crippen MR) is 105 cm³/mol.